The van der Waals surface area contributed by atoms with Crippen molar-refractivity contribution in [2.45, 2.75) is 40.2 Å². The molecule has 0 amide bonds. The zero-order chi connectivity index (χ0) is 7.78. The lowest BCUT2D eigenvalue weighted by molar-refractivity contribution is 0.0884. The Labute approximate surface area is 63.8 Å². The molecule has 0 aliphatic carbocycles. The van der Waals surface area contributed by atoms with Crippen molar-refractivity contribution in [1.29, 1.82) is 0 Å². The van der Waals surface area contributed by atoms with Gasteiger partial charge in [0.1, 0.15) is 0 Å². The van der Waals surface area contributed by atoms with E-state index < -0.39 is 0 Å². The molecule has 0 bridgehead atoms. The van der Waals surface area contributed by atoms with Crippen molar-refractivity contribution in [2.75, 3.05) is 6.61 Å². The van der Waals surface area contributed by atoms with Crippen molar-refractivity contribution in [3.05, 3.63) is 0 Å². The Bertz CT molecular complexity index is 118. The normalized spacial score (nSPS) is 38.4. The molecule has 1 aliphatic rings. The van der Waals surface area contributed by atoms with E-state index in [2.05, 4.69) is 27.7 Å². The van der Waals surface area contributed by atoms with Crippen LogP contribution < -0.4 is 0 Å². The first-order valence-electron chi connectivity index (χ1n) is 4.19. The summed E-state index contributed by atoms with van der Waals surface area (Å²) in [6.45, 7) is 10.00. The fourth-order valence-electron chi connectivity index (χ4n) is 1.57. The molecular weight excluding hydrogens is 124 g/mol. The van der Waals surface area contributed by atoms with Crippen molar-refractivity contribution in [2.24, 2.45) is 11.3 Å². The van der Waals surface area contributed by atoms with Gasteiger partial charge < -0.3 is 4.74 Å². The molecule has 1 rings (SSSR count). The van der Waals surface area contributed by atoms with Crippen LogP contribution in [0.5, 0.6) is 0 Å². The molecule has 0 radical (unpaired) electrons. The molecule has 1 heterocycles. The number of rotatable bonds is 1. The van der Waals surface area contributed by atoms with Gasteiger partial charge in [0, 0.05) is 0 Å². The van der Waals surface area contributed by atoms with Gasteiger partial charge in [-0.15, -0.1) is 0 Å². The number of hydrogen-bond acceptors (Lipinski definition) is 1. The van der Waals surface area contributed by atoms with Gasteiger partial charge in [-0.05, 0) is 17.8 Å². The van der Waals surface area contributed by atoms with Crippen molar-refractivity contribution in [3.8, 4) is 0 Å². The number of hydrogen-bond donors (Lipinski definition) is 0. The molecular formula is C9H18O. The van der Waals surface area contributed by atoms with Gasteiger partial charge >= 0.3 is 0 Å². The van der Waals surface area contributed by atoms with Crippen LogP contribution in [0.3, 0.4) is 0 Å². The van der Waals surface area contributed by atoms with Crippen molar-refractivity contribution >= 4 is 0 Å². The van der Waals surface area contributed by atoms with Crippen LogP contribution in [0.4, 0.5) is 0 Å². The molecule has 0 saturated carbocycles. The standard InChI is InChI=1S/C9H18O/c1-5-8-7(2)9(3,4)6-10-8/h7-8H,5-6H2,1-4H3/t7-,8+/m0/s1. The molecule has 0 N–H and O–H groups in total. The molecule has 1 fully saturated rings. The Kier molecular flexibility index (Phi) is 2.04. The Morgan fingerprint density at radius 2 is 2.10 bits per heavy atom. The van der Waals surface area contributed by atoms with Crippen LogP contribution in [0.1, 0.15) is 34.1 Å². The van der Waals surface area contributed by atoms with Crippen LogP contribution in [0.2, 0.25) is 0 Å². The van der Waals surface area contributed by atoms with E-state index in [9.17, 15) is 0 Å². The first-order valence-corrected chi connectivity index (χ1v) is 4.19. The average Bonchev–Trinajstić information content (AvgIpc) is 2.10. The Balaban J connectivity index is 2.58. The summed E-state index contributed by atoms with van der Waals surface area (Å²) in [5.41, 5.74) is 0.403. The molecule has 60 valence electrons. The van der Waals surface area contributed by atoms with Gasteiger partial charge in [-0.3, -0.25) is 0 Å². The topological polar surface area (TPSA) is 9.23 Å². The van der Waals surface area contributed by atoms with Crippen LogP contribution in [-0.4, -0.2) is 12.7 Å². The molecule has 0 aromatic carbocycles. The van der Waals surface area contributed by atoms with Gasteiger partial charge in [-0.2, -0.15) is 0 Å². The van der Waals surface area contributed by atoms with Crippen molar-refractivity contribution in [1.82, 2.24) is 0 Å². The highest BCUT2D eigenvalue weighted by Gasteiger charge is 2.38. The summed E-state index contributed by atoms with van der Waals surface area (Å²) in [5.74, 6) is 0.720. The maximum absolute atomic E-state index is 5.63. The van der Waals surface area contributed by atoms with E-state index >= 15 is 0 Å². The fraction of sp³-hybridized carbons (Fsp3) is 1.00. The van der Waals surface area contributed by atoms with Gasteiger partial charge in [0.05, 0.1) is 12.7 Å². The average molecular weight is 142 g/mol. The molecule has 0 aromatic heterocycles. The van der Waals surface area contributed by atoms with Gasteiger partial charge in [-0.1, -0.05) is 27.7 Å². The minimum absolute atomic E-state index is 0.403. The third kappa shape index (κ3) is 1.20. The SMILES string of the molecule is CC[C@H]1OCC(C)(C)[C@H]1C. The third-order valence-electron chi connectivity index (χ3n) is 2.86. The minimum Gasteiger partial charge on any atom is -0.377 e. The van der Waals surface area contributed by atoms with Crippen LogP contribution in [0.25, 0.3) is 0 Å². The summed E-state index contributed by atoms with van der Waals surface area (Å²) in [7, 11) is 0. The van der Waals surface area contributed by atoms with Gasteiger partial charge in [0.2, 0.25) is 0 Å². The molecule has 0 aromatic rings. The lowest BCUT2D eigenvalue weighted by Crippen LogP contribution is -2.23. The molecule has 2 atom stereocenters. The summed E-state index contributed by atoms with van der Waals surface area (Å²) >= 11 is 0. The first-order chi connectivity index (χ1) is 4.58. The van der Waals surface area contributed by atoms with Crippen molar-refractivity contribution < 1.29 is 4.74 Å². The van der Waals surface area contributed by atoms with E-state index in [1.807, 2.05) is 0 Å². The predicted molar refractivity (Wildman–Crippen MR) is 43.0 cm³/mol. The van der Waals surface area contributed by atoms with E-state index in [0.717, 1.165) is 18.9 Å². The second-order valence-corrected chi connectivity index (χ2v) is 4.03. The van der Waals surface area contributed by atoms with Crippen LogP contribution in [0, 0.1) is 11.3 Å². The zero-order valence-electron chi connectivity index (χ0n) is 7.48. The number of ether oxygens (including phenoxy) is 1. The minimum atomic E-state index is 0.403. The Morgan fingerprint density at radius 1 is 1.50 bits per heavy atom. The second-order valence-electron chi connectivity index (χ2n) is 4.03. The van der Waals surface area contributed by atoms with Crippen LogP contribution in [-0.2, 0) is 4.74 Å². The Hall–Kier alpha value is -0.0400. The van der Waals surface area contributed by atoms with Crippen LogP contribution >= 0.6 is 0 Å². The van der Waals surface area contributed by atoms with E-state index in [1.54, 1.807) is 0 Å². The van der Waals surface area contributed by atoms with Crippen LogP contribution in [0.15, 0.2) is 0 Å². The summed E-state index contributed by atoms with van der Waals surface area (Å²) in [6, 6.07) is 0. The molecule has 1 saturated heterocycles. The quantitative estimate of drug-likeness (QED) is 0.546. The molecule has 1 nitrogen and oxygen atoms in total. The summed E-state index contributed by atoms with van der Waals surface area (Å²) < 4.78 is 5.63. The highest BCUT2D eigenvalue weighted by Crippen LogP contribution is 2.38. The molecule has 1 aliphatic heterocycles. The van der Waals surface area contributed by atoms with E-state index in [1.165, 1.54) is 0 Å². The largest absolute Gasteiger partial charge is 0.377 e. The maximum atomic E-state index is 5.63. The lowest BCUT2D eigenvalue weighted by Gasteiger charge is -2.23. The third-order valence-corrected chi connectivity index (χ3v) is 2.86. The highest BCUT2D eigenvalue weighted by atomic mass is 16.5. The molecule has 10 heavy (non-hydrogen) atoms. The second kappa shape index (κ2) is 2.54. The monoisotopic (exact) mass is 142 g/mol. The molecule has 1 heteroatoms. The van der Waals surface area contributed by atoms with Crippen molar-refractivity contribution in [3.63, 3.8) is 0 Å². The maximum Gasteiger partial charge on any atom is 0.0604 e. The van der Waals surface area contributed by atoms with Gasteiger partial charge in [0.25, 0.3) is 0 Å². The summed E-state index contributed by atoms with van der Waals surface area (Å²) in [5, 5.41) is 0. The smallest absolute Gasteiger partial charge is 0.0604 e. The van der Waals surface area contributed by atoms with Gasteiger partial charge in [0.15, 0.2) is 0 Å². The summed E-state index contributed by atoms with van der Waals surface area (Å²) in [6.07, 6.45) is 1.67. The fourth-order valence-corrected chi connectivity index (χ4v) is 1.57. The molecule has 0 unspecified atom stereocenters. The van der Waals surface area contributed by atoms with Gasteiger partial charge in [-0.25, -0.2) is 0 Å². The zero-order valence-corrected chi connectivity index (χ0v) is 7.48. The highest BCUT2D eigenvalue weighted by molar-refractivity contribution is 4.86. The predicted octanol–water partition coefficient (Wildman–Crippen LogP) is 2.46. The van der Waals surface area contributed by atoms with E-state index in [0.29, 0.717) is 11.5 Å². The first kappa shape index (κ1) is 8.06. The Morgan fingerprint density at radius 3 is 2.30 bits per heavy atom. The van der Waals surface area contributed by atoms with E-state index in [-0.39, 0.29) is 0 Å². The molecule has 0 spiro atoms. The van der Waals surface area contributed by atoms with E-state index in [4.69, 9.17) is 4.74 Å². The summed E-state index contributed by atoms with van der Waals surface area (Å²) in [4.78, 5) is 0. The lowest BCUT2D eigenvalue weighted by atomic mass is 9.80.